The fourth-order valence-electron chi connectivity index (χ4n) is 2.20. The summed E-state index contributed by atoms with van der Waals surface area (Å²) in [6.07, 6.45) is 0. The van der Waals surface area contributed by atoms with Gasteiger partial charge in [0.05, 0.1) is 0 Å². The zero-order chi connectivity index (χ0) is 13.3. The topological polar surface area (TPSA) is 20.2 Å². The fraction of sp³-hybridized carbons (Fsp3) is 0.125. The van der Waals surface area contributed by atoms with E-state index in [0.717, 1.165) is 16.0 Å². The molecular weight excluding hydrogens is 272 g/mol. The number of thiophene rings is 2. The molecule has 0 radical (unpaired) electrons. The van der Waals surface area contributed by atoms with Gasteiger partial charge in [-0.1, -0.05) is 35.9 Å². The van der Waals surface area contributed by atoms with Gasteiger partial charge in [0.2, 0.25) is 0 Å². The molecule has 96 valence electrons. The van der Waals surface area contributed by atoms with Crippen LogP contribution in [0.5, 0.6) is 0 Å². The fourth-order valence-corrected chi connectivity index (χ4v) is 3.77. The first kappa shape index (κ1) is 12.6. The monoisotopic (exact) mass is 286 g/mol. The van der Waals surface area contributed by atoms with Crippen molar-refractivity contribution in [2.75, 3.05) is 0 Å². The molecule has 0 aliphatic rings. The van der Waals surface area contributed by atoms with E-state index in [-0.39, 0.29) is 0 Å². The SMILES string of the molecule is Cc1ccc(C(O)(c2ccsc2)c2cccs2)cc1. The van der Waals surface area contributed by atoms with E-state index in [4.69, 9.17) is 0 Å². The lowest BCUT2D eigenvalue weighted by Crippen LogP contribution is -2.27. The molecule has 19 heavy (non-hydrogen) atoms. The molecule has 1 aromatic carbocycles. The molecule has 0 amide bonds. The van der Waals surface area contributed by atoms with Crippen molar-refractivity contribution in [1.82, 2.24) is 0 Å². The minimum absolute atomic E-state index is 0.916. The smallest absolute Gasteiger partial charge is 0.150 e. The van der Waals surface area contributed by atoms with Gasteiger partial charge < -0.3 is 5.11 Å². The van der Waals surface area contributed by atoms with Crippen molar-refractivity contribution >= 4 is 22.7 Å². The summed E-state index contributed by atoms with van der Waals surface area (Å²) < 4.78 is 0. The quantitative estimate of drug-likeness (QED) is 0.756. The van der Waals surface area contributed by atoms with Gasteiger partial charge in [-0.25, -0.2) is 0 Å². The molecule has 1 nitrogen and oxygen atoms in total. The lowest BCUT2D eigenvalue weighted by atomic mass is 9.86. The van der Waals surface area contributed by atoms with Crippen LogP contribution in [0.1, 0.15) is 21.6 Å². The summed E-state index contributed by atoms with van der Waals surface area (Å²) in [5.74, 6) is 0. The van der Waals surface area contributed by atoms with Crippen LogP contribution >= 0.6 is 22.7 Å². The van der Waals surface area contributed by atoms with Crippen LogP contribution in [0.3, 0.4) is 0 Å². The predicted octanol–water partition coefficient (Wildman–Crippen LogP) is 4.40. The van der Waals surface area contributed by atoms with Crippen LogP contribution < -0.4 is 0 Å². The summed E-state index contributed by atoms with van der Waals surface area (Å²) in [7, 11) is 0. The highest BCUT2D eigenvalue weighted by Gasteiger charge is 2.35. The second kappa shape index (κ2) is 4.93. The Morgan fingerprint density at radius 2 is 1.74 bits per heavy atom. The van der Waals surface area contributed by atoms with Crippen LogP contribution in [0.25, 0.3) is 0 Å². The Morgan fingerprint density at radius 3 is 2.32 bits per heavy atom. The molecule has 2 aromatic heterocycles. The molecule has 3 heteroatoms. The van der Waals surface area contributed by atoms with Crippen LogP contribution in [0.15, 0.2) is 58.6 Å². The number of hydrogen-bond donors (Lipinski definition) is 1. The summed E-state index contributed by atoms with van der Waals surface area (Å²) in [5, 5.41) is 17.3. The third-order valence-electron chi connectivity index (χ3n) is 3.29. The first-order valence-corrected chi connectivity index (χ1v) is 7.89. The highest BCUT2D eigenvalue weighted by molar-refractivity contribution is 7.10. The van der Waals surface area contributed by atoms with E-state index in [2.05, 4.69) is 6.92 Å². The van der Waals surface area contributed by atoms with Crippen molar-refractivity contribution in [1.29, 1.82) is 0 Å². The van der Waals surface area contributed by atoms with Crippen LogP contribution in [0, 0.1) is 6.92 Å². The molecule has 1 N–H and O–H groups in total. The number of hydrogen-bond acceptors (Lipinski definition) is 3. The molecule has 2 heterocycles. The van der Waals surface area contributed by atoms with Crippen molar-refractivity contribution in [2.24, 2.45) is 0 Å². The molecule has 1 unspecified atom stereocenters. The minimum Gasteiger partial charge on any atom is -0.375 e. The highest BCUT2D eigenvalue weighted by Crippen LogP contribution is 2.39. The minimum atomic E-state index is -1.04. The lowest BCUT2D eigenvalue weighted by Gasteiger charge is -2.27. The average Bonchev–Trinajstić information content (AvgIpc) is 3.12. The Labute approximate surface area is 120 Å². The van der Waals surface area contributed by atoms with E-state index in [9.17, 15) is 5.11 Å². The maximum Gasteiger partial charge on any atom is 0.150 e. The van der Waals surface area contributed by atoms with E-state index in [0.29, 0.717) is 0 Å². The Bertz CT molecular complexity index is 602. The zero-order valence-electron chi connectivity index (χ0n) is 10.5. The molecule has 3 rings (SSSR count). The van der Waals surface area contributed by atoms with Crippen LogP contribution in [0.2, 0.25) is 0 Å². The van der Waals surface area contributed by atoms with Crippen molar-refractivity contribution < 1.29 is 5.11 Å². The lowest BCUT2D eigenvalue weighted by molar-refractivity contribution is 0.130. The molecule has 3 aromatic rings. The average molecular weight is 286 g/mol. The van der Waals surface area contributed by atoms with E-state index >= 15 is 0 Å². The third-order valence-corrected chi connectivity index (χ3v) is 4.95. The summed E-state index contributed by atoms with van der Waals surface area (Å²) in [5.41, 5.74) is 2.01. The maximum atomic E-state index is 11.3. The molecule has 1 atom stereocenters. The van der Waals surface area contributed by atoms with Crippen LogP contribution in [-0.4, -0.2) is 5.11 Å². The molecule has 0 saturated heterocycles. The van der Waals surface area contributed by atoms with Crippen molar-refractivity contribution in [2.45, 2.75) is 12.5 Å². The second-order valence-electron chi connectivity index (χ2n) is 4.57. The van der Waals surface area contributed by atoms with Gasteiger partial charge in [0, 0.05) is 10.4 Å². The van der Waals surface area contributed by atoms with Crippen molar-refractivity contribution in [3.8, 4) is 0 Å². The van der Waals surface area contributed by atoms with E-state index in [1.165, 1.54) is 5.56 Å². The Kier molecular flexibility index (Phi) is 3.27. The summed E-state index contributed by atoms with van der Waals surface area (Å²) >= 11 is 3.19. The van der Waals surface area contributed by atoms with E-state index < -0.39 is 5.60 Å². The number of aliphatic hydroxyl groups is 1. The molecule has 0 bridgehead atoms. The van der Waals surface area contributed by atoms with Gasteiger partial charge in [-0.15, -0.1) is 11.3 Å². The Balaban J connectivity index is 2.20. The van der Waals surface area contributed by atoms with Gasteiger partial charge in [-0.3, -0.25) is 0 Å². The molecular formula is C16H14OS2. The molecule has 0 spiro atoms. The van der Waals surface area contributed by atoms with Crippen LogP contribution in [0.4, 0.5) is 0 Å². The zero-order valence-corrected chi connectivity index (χ0v) is 12.2. The molecule has 0 saturated carbocycles. The normalized spacial score (nSPS) is 14.2. The van der Waals surface area contributed by atoms with E-state index in [1.54, 1.807) is 22.7 Å². The summed E-state index contributed by atoms with van der Waals surface area (Å²) in [4.78, 5) is 0.953. The van der Waals surface area contributed by atoms with Gasteiger partial charge >= 0.3 is 0 Å². The van der Waals surface area contributed by atoms with Gasteiger partial charge in [0.25, 0.3) is 0 Å². The van der Waals surface area contributed by atoms with Gasteiger partial charge in [0.1, 0.15) is 5.60 Å². The Hall–Kier alpha value is -1.42. The van der Waals surface area contributed by atoms with Gasteiger partial charge in [0.15, 0.2) is 0 Å². The first-order chi connectivity index (χ1) is 9.21. The Morgan fingerprint density at radius 1 is 0.947 bits per heavy atom. The van der Waals surface area contributed by atoms with Crippen LogP contribution in [-0.2, 0) is 5.60 Å². The maximum absolute atomic E-state index is 11.3. The standard InChI is InChI=1S/C16H14OS2/c1-12-4-6-13(7-5-12)16(17,14-8-10-18-11-14)15-3-2-9-19-15/h2-11,17H,1H3. The molecule has 0 aliphatic carbocycles. The third kappa shape index (κ3) is 2.14. The largest absolute Gasteiger partial charge is 0.375 e. The highest BCUT2D eigenvalue weighted by atomic mass is 32.1. The predicted molar refractivity (Wildman–Crippen MR) is 81.9 cm³/mol. The summed E-state index contributed by atoms with van der Waals surface area (Å²) in [6, 6.07) is 14.1. The molecule has 0 fully saturated rings. The molecule has 0 aliphatic heterocycles. The summed E-state index contributed by atoms with van der Waals surface area (Å²) in [6.45, 7) is 2.05. The van der Waals surface area contributed by atoms with Gasteiger partial charge in [-0.05, 0) is 40.8 Å². The van der Waals surface area contributed by atoms with Crippen molar-refractivity contribution in [3.05, 3.63) is 80.2 Å². The van der Waals surface area contributed by atoms with Gasteiger partial charge in [-0.2, -0.15) is 11.3 Å². The second-order valence-corrected chi connectivity index (χ2v) is 6.29. The number of rotatable bonds is 3. The van der Waals surface area contributed by atoms with E-state index in [1.807, 2.05) is 58.6 Å². The number of benzene rings is 1. The number of aryl methyl sites for hydroxylation is 1. The van der Waals surface area contributed by atoms with Crippen molar-refractivity contribution in [3.63, 3.8) is 0 Å². The first-order valence-electron chi connectivity index (χ1n) is 6.07.